The maximum atomic E-state index is 13.1. The number of amides is 1. The molecule has 1 amide bonds. The third-order valence-corrected chi connectivity index (χ3v) is 5.43. The van der Waals surface area contributed by atoms with E-state index in [1.165, 1.54) is 25.3 Å². The quantitative estimate of drug-likeness (QED) is 0.297. The van der Waals surface area contributed by atoms with Crippen LogP contribution in [0.3, 0.4) is 0 Å². The van der Waals surface area contributed by atoms with Gasteiger partial charge < -0.3 is 19.7 Å². The van der Waals surface area contributed by atoms with Crippen molar-refractivity contribution in [3.63, 3.8) is 0 Å². The molecule has 3 rings (SSSR count). The van der Waals surface area contributed by atoms with Gasteiger partial charge in [0, 0.05) is 24.5 Å². The highest BCUT2D eigenvalue weighted by atomic mass is 19.1. The first-order chi connectivity index (χ1) is 17.0. The van der Waals surface area contributed by atoms with Crippen LogP contribution in [-0.4, -0.2) is 26.1 Å². The zero-order valence-electron chi connectivity index (χ0n) is 20.0. The van der Waals surface area contributed by atoms with Crippen molar-refractivity contribution in [2.75, 3.05) is 30.4 Å². The van der Waals surface area contributed by atoms with Crippen LogP contribution in [0.25, 0.3) is 6.08 Å². The van der Waals surface area contributed by atoms with Crippen LogP contribution in [0.4, 0.5) is 15.8 Å². The molecule has 0 saturated carbocycles. The number of methoxy groups -OCH3 is 1. The van der Waals surface area contributed by atoms with Crippen LogP contribution in [0.5, 0.6) is 11.5 Å². The molecule has 0 radical (unpaired) electrons. The number of nitrogens with one attached hydrogen (secondary N) is 1. The SMILES string of the molecule is CCN(CC)c1ccc(NC(=O)/C(C#N)=C\c2ccc(OCc3ccc(F)cc3)c(OC)c2)cc1. The summed E-state index contributed by atoms with van der Waals surface area (Å²) in [6, 6.07) is 20.6. The molecule has 180 valence electrons. The first kappa shape index (κ1) is 25.3. The summed E-state index contributed by atoms with van der Waals surface area (Å²) in [6.07, 6.45) is 1.49. The minimum Gasteiger partial charge on any atom is -0.493 e. The highest BCUT2D eigenvalue weighted by Gasteiger charge is 2.12. The second-order valence-electron chi connectivity index (χ2n) is 7.67. The number of ether oxygens (including phenoxy) is 2. The number of nitrogens with zero attached hydrogens (tertiary/aromatic N) is 2. The van der Waals surface area contributed by atoms with Crippen LogP contribution in [0.2, 0.25) is 0 Å². The molecule has 0 saturated heterocycles. The van der Waals surface area contributed by atoms with Crippen molar-refractivity contribution in [3.8, 4) is 17.6 Å². The molecule has 0 fully saturated rings. The van der Waals surface area contributed by atoms with Crippen LogP contribution in [0.1, 0.15) is 25.0 Å². The van der Waals surface area contributed by atoms with Gasteiger partial charge in [-0.05, 0) is 79.6 Å². The molecule has 0 atom stereocenters. The fourth-order valence-electron chi connectivity index (χ4n) is 3.49. The largest absolute Gasteiger partial charge is 0.493 e. The first-order valence-electron chi connectivity index (χ1n) is 11.3. The molecule has 0 bridgehead atoms. The van der Waals surface area contributed by atoms with E-state index in [9.17, 15) is 14.4 Å². The molecule has 7 heteroatoms. The molecule has 1 N–H and O–H groups in total. The lowest BCUT2D eigenvalue weighted by Crippen LogP contribution is -2.21. The third kappa shape index (κ3) is 6.84. The molecule has 0 aliphatic carbocycles. The molecule has 0 spiro atoms. The van der Waals surface area contributed by atoms with Gasteiger partial charge in [-0.25, -0.2) is 4.39 Å². The summed E-state index contributed by atoms with van der Waals surface area (Å²) in [4.78, 5) is 14.9. The Morgan fingerprint density at radius 1 is 1.03 bits per heavy atom. The summed E-state index contributed by atoms with van der Waals surface area (Å²) >= 11 is 0. The number of benzene rings is 3. The summed E-state index contributed by atoms with van der Waals surface area (Å²) in [5, 5.41) is 12.3. The van der Waals surface area contributed by atoms with Gasteiger partial charge in [0.25, 0.3) is 5.91 Å². The van der Waals surface area contributed by atoms with Crippen LogP contribution < -0.4 is 19.7 Å². The number of hydrogen-bond acceptors (Lipinski definition) is 5. The van der Waals surface area contributed by atoms with Crippen LogP contribution in [0, 0.1) is 17.1 Å². The number of anilines is 2. The molecule has 0 unspecified atom stereocenters. The van der Waals surface area contributed by atoms with E-state index in [1.54, 1.807) is 30.3 Å². The molecule has 3 aromatic carbocycles. The summed E-state index contributed by atoms with van der Waals surface area (Å²) in [7, 11) is 1.51. The monoisotopic (exact) mass is 473 g/mol. The standard InChI is InChI=1S/C28H28FN3O3/c1-4-32(5-2)25-13-11-24(12-14-25)31-28(33)22(18-30)16-21-8-15-26(27(17-21)34-3)35-19-20-6-9-23(29)10-7-20/h6-17H,4-5,19H2,1-3H3,(H,31,33)/b22-16-. The van der Waals surface area contributed by atoms with E-state index >= 15 is 0 Å². The Morgan fingerprint density at radius 3 is 2.31 bits per heavy atom. The van der Waals surface area contributed by atoms with Gasteiger partial charge in [-0.3, -0.25) is 4.79 Å². The van der Waals surface area contributed by atoms with Crippen molar-refractivity contribution in [3.05, 3.63) is 89.2 Å². The lowest BCUT2D eigenvalue weighted by molar-refractivity contribution is -0.112. The van der Waals surface area contributed by atoms with Gasteiger partial charge in [0.1, 0.15) is 24.1 Å². The average molecular weight is 474 g/mol. The van der Waals surface area contributed by atoms with Gasteiger partial charge in [0.15, 0.2) is 11.5 Å². The predicted molar refractivity (Wildman–Crippen MR) is 136 cm³/mol. The van der Waals surface area contributed by atoms with Crippen molar-refractivity contribution >= 4 is 23.4 Å². The van der Waals surface area contributed by atoms with Crippen molar-refractivity contribution in [1.82, 2.24) is 0 Å². The summed E-state index contributed by atoms with van der Waals surface area (Å²) in [5.41, 5.74) is 3.05. The average Bonchev–Trinajstić information content (AvgIpc) is 2.88. The predicted octanol–water partition coefficient (Wildman–Crippen LogP) is 5.81. The third-order valence-electron chi connectivity index (χ3n) is 5.43. The van der Waals surface area contributed by atoms with E-state index in [2.05, 4.69) is 24.1 Å². The maximum Gasteiger partial charge on any atom is 0.266 e. The fourth-order valence-corrected chi connectivity index (χ4v) is 3.49. The minimum atomic E-state index is -0.501. The van der Waals surface area contributed by atoms with E-state index in [0.29, 0.717) is 22.7 Å². The molecule has 0 aliphatic rings. The molecule has 3 aromatic rings. The molecular weight excluding hydrogens is 445 g/mol. The van der Waals surface area contributed by atoms with Gasteiger partial charge in [0.2, 0.25) is 0 Å². The van der Waals surface area contributed by atoms with Crippen molar-refractivity contribution in [1.29, 1.82) is 5.26 Å². The Balaban J connectivity index is 1.70. The van der Waals surface area contributed by atoms with Gasteiger partial charge in [0.05, 0.1) is 7.11 Å². The number of rotatable bonds is 10. The Morgan fingerprint density at radius 2 is 1.71 bits per heavy atom. The molecule has 35 heavy (non-hydrogen) atoms. The van der Waals surface area contributed by atoms with E-state index in [4.69, 9.17) is 9.47 Å². The van der Waals surface area contributed by atoms with E-state index < -0.39 is 5.91 Å². The van der Waals surface area contributed by atoms with Gasteiger partial charge in [-0.1, -0.05) is 18.2 Å². The van der Waals surface area contributed by atoms with Crippen LogP contribution in [-0.2, 0) is 11.4 Å². The number of hydrogen-bond donors (Lipinski definition) is 1. The molecular formula is C28H28FN3O3. The summed E-state index contributed by atoms with van der Waals surface area (Å²) < 4.78 is 24.3. The van der Waals surface area contributed by atoms with Crippen LogP contribution in [0.15, 0.2) is 72.3 Å². The molecule has 6 nitrogen and oxygen atoms in total. The van der Waals surface area contributed by atoms with Gasteiger partial charge in [-0.2, -0.15) is 5.26 Å². The zero-order chi connectivity index (χ0) is 25.2. The highest BCUT2D eigenvalue weighted by Crippen LogP contribution is 2.30. The number of carbonyl (C=O) groups excluding carboxylic acids is 1. The molecule has 0 heterocycles. The van der Waals surface area contributed by atoms with Crippen LogP contribution >= 0.6 is 0 Å². The zero-order valence-corrected chi connectivity index (χ0v) is 20.0. The maximum absolute atomic E-state index is 13.1. The lowest BCUT2D eigenvalue weighted by Gasteiger charge is -2.21. The van der Waals surface area contributed by atoms with E-state index in [-0.39, 0.29) is 18.0 Å². The Hall–Kier alpha value is -4.31. The minimum absolute atomic E-state index is 0.0418. The molecule has 0 aliphatic heterocycles. The second-order valence-corrected chi connectivity index (χ2v) is 7.67. The lowest BCUT2D eigenvalue weighted by atomic mass is 10.1. The van der Waals surface area contributed by atoms with Crippen molar-refractivity contribution < 1.29 is 18.7 Å². The van der Waals surface area contributed by atoms with Gasteiger partial charge >= 0.3 is 0 Å². The number of carbonyl (C=O) groups is 1. The summed E-state index contributed by atoms with van der Waals surface area (Å²) in [5.74, 6) is 0.130. The normalized spacial score (nSPS) is 10.9. The number of halogens is 1. The molecule has 0 aromatic heterocycles. The topological polar surface area (TPSA) is 74.6 Å². The fraction of sp³-hybridized carbons (Fsp3) is 0.214. The Bertz CT molecular complexity index is 1210. The second kappa shape index (κ2) is 12.2. The number of nitriles is 1. The van der Waals surface area contributed by atoms with E-state index in [1.807, 2.05) is 30.3 Å². The highest BCUT2D eigenvalue weighted by molar-refractivity contribution is 6.09. The van der Waals surface area contributed by atoms with Crippen molar-refractivity contribution in [2.24, 2.45) is 0 Å². The smallest absolute Gasteiger partial charge is 0.266 e. The Labute approximate surface area is 205 Å². The summed E-state index contributed by atoms with van der Waals surface area (Å²) in [6.45, 7) is 6.20. The first-order valence-corrected chi connectivity index (χ1v) is 11.3. The Kier molecular flexibility index (Phi) is 8.85. The van der Waals surface area contributed by atoms with Gasteiger partial charge in [-0.15, -0.1) is 0 Å². The van der Waals surface area contributed by atoms with E-state index in [0.717, 1.165) is 24.3 Å². The van der Waals surface area contributed by atoms with Crippen molar-refractivity contribution in [2.45, 2.75) is 20.5 Å².